The minimum Gasteiger partial charge on any atom is -0.507 e. The number of carbonyl (C=O) groups excluding carboxylic acids is 2. The average molecular weight is 450 g/mol. The number of halogens is 1. The molecule has 1 fully saturated rings. The van der Waals surface area contributed by atoms with Gasteiger partial charge in [-0.2, -0.15) is 0 Å². The van der Waals surface area contributed by atoms with Crippen LogP contribution in [0.2, 0.25) is 5.02 Å². The molecule has 3 aromatic rings. The first-order valence-electron chi connectivity index (χ1n) is 9.80. The molecule has 7 heteroatoms. The van der Waals surface area contributed by atoms with E-state index in [4.69, 9.17) is 21.1 Å². The minimum atomic E-state index is -0.879. The van der Waals surface area contributed by atoms with Crippen molar-refractivity contribution in [2.24, 2.45) is 0 Å². The topological polar surface area (TPSA) is 76.1 Å². The number of aliphatic hydroxyl groups is 1. The first-order valence-corrected chi connectivity index (χ1v) is 10.2. The van der Waals surface area contributed by atoms with Gasteiger partial charge in [-0.1, -0.05) is 48.0 Å². The number of anilines is 1. The molecule has 3 aromatic carbocycles. The Balaban J connectivity index is 1.96. The van der Waals surface area contributed by atoms with Crippen molar-refractivity contribution in [3.05, 3.63) is 94.5 Å². The molecule has 6 nitrogen and oxygen atoms in total. The van der Waals surface area contributed by atoms with Crippen molar-refractivity contribution >= 4 is 34.7 Å². The summed E-state index contributed by atoms with van der Waals surface area (Å²) in [6.45, 7) is 0. The Morgan fingerprint density at radius 3 is 2.19 bits per heavy atom. The highest BCUT2D eigenvalue weighted by Crippen LogP contribution is 2.44. The minimum absolute atomic E-state index is 0.0108. The number of rotatable bonds is 5. The molecule has 1 N–H and O–H groups in total. The number of ether oxygens (including phenoxy) is 2. The van der Waals surface area contributed by atoms with Gasteiger partial charge in [-0.25, -0.2) is 0 Å². The maximum Gasteiger partial charge on any atom is 0.300 e. The van der Waals surface area contributed by atoms with Crippen molar-refractivity contribution in [1.29, 1.82) is 0 Å². The molecule has 0 aliphatic carbocycles. The zero-order valence-corrected chi connectivity index (χ0v) is 18.2. The van der Waals surface area contributed by atoms with Gasteiger partial charge in [-0.15, -0.1) is 0 Å². The number of benzene rings is 3. The molecular weight excluding hydrogens is 430 g/mol. The SMILES string of the molecule is COc1ccc(C2C(=C(O)c3ccccc3)C(=O)C(=O)N2c2ccc(Cl)cc2)cc1OC. The van der Waals surface area contributed by atoms with Crippen LogP contribution < -0.4 is 14.4 Å². The summed E-state index contributed by atoms with van der Waals surface area (Å²) < 4.78 is 10.7. The van der Waals surface area contributed by atoms with E-state index in [1.54, 1.807) is 72.8 Å². The van der Waals surface area contributed by atoms with Gasteiger partial charge in [0.15, 0.2) is 11.5 Å². The maximum atomic E-state index is 13.1. The van der Waals surface area contributed by atoms with E-state index in [-0.39, 0.29) is 11.3 Å². The third kappa shape index (κ3) is 3.69. The van der Waals surface area contributed by atoms with Crippen LogP contribution in [-0.4, -0.2) is 31.0 Å². The lowest BCUT2D eigenvalue weighted by Gasteiger charge is -2.26. The van der Waals surface area contributed by atoms with E-state index in [1.165, 1.54) is 19.1 Å². The van der Waals surface area contributed by atoms with E-state index in [9.17, 15) is 14.7 Å². The second kappa shape index (κ2) is 8.77. The molecule has 0 bridgehead atoms. The lowest BCUT2D eigenvalue weighted by Crippen LogP contribution is -2.29. The van der Waals surface area contributed by atoms with Crippen LogP contribution in [0.3, 0.4) is 0 Å². The predicted octanol–water partition coefficient (Wildman–Crippen LogP) is 4.98. The van der Waals surface area contributed by atoms with Gasteiger partial charge < -0.3 is 14.6 Å². The molecule has 1 heterocycles. The number of hydrogen-bond acceptors (Lipinski definition) is 5. The van der Waals surface area contributed by atoms with Gasteiger partial charge in [0.2, 0.25) is 0 Å². The normalized spacial score (nSPS) is 17.5. The van der Waals surface area contributed by atoms with E-state index in [2.05, 4.69) is 0 Å². The Hall–Kier alpha value is -3.77. The number of aliphatic hydroxyl groups excluding tert-OH is 1. The van der Waals surface area contributed by atoms with Gasteiger partial charge in [0.05, 0.1) is 25.8 Å². The summed E-state index contributed by atoms with van der Waals surface area (Å²) in [5, 5.41) is 11.6. The predicted molar refractivity (Wildman–Crippen MR) is 122 cm³/mol. The second-order valence-electron chi connectivity index (χ2n) is 7.13. The molecule has 1 aliphatic heterocycles. The molecule has 1 unspecified atom stereocenters. The fourth-order valence-corrected chi connectivity index (χ4v) is 3.92. The molecule has 4 rings (SSSR count). The smallest absolute Gasteiger partial charge is 0.300 e. The van der Waals surface area contributed by atoms with Crippen LogP contribution in [-0.2, 0) is 9.59 Å². The number of Topliss-reactive ketones (excluding diaryl/α,β-unsaturated/α-hetero) is 1. The summed E-state index contributed by atoms with van der Waals surface area (Å²) in [5.41, 5.74) is 1.48. The Labute approximate surface area is 190 Å². The number of hydrogen-bond donors (Lipinski definition) is 1. The van der Waals surface area contributed by atoms with Crippen LogP contribution in [0, 0.1) is 0 Å². The lowest BCUT2D eigenvalue weighted by molar-refractivity contribution is -0.132. The van der Waals surface area contributed by atoms with E-state index >= 15 is 0 Å². The Morgan fingerprint density at radius 2 is 1.56 bits per heavy atom. The lowest BCUT2D eigenvalue weighted by atomic mass is 9.94. The van der Waals surface area contributed by atoms with Gasteiger partial charge in [-0.05, 0) is 42.0 Å². The largest absolute Gasteiger partial charge is 0.507 e. The summed E-state index contributed by atoms with van der Waals surface area (Å²) >= 11 is 6.02. The molecule has 0 aromatic heterocycles. The van der Waals surface area contributed by atoms with Crippen molar-refractivity contribution in [2.75, 3.05) is 19.1 Å². The fourth-order valence-electron chi connectivity index (χ4n) is 3.79. The van der Waals surface area contributed by atoms with E-state index in [0.717, 1.165) is 0 Å². The van der Waals surface area contributed by atoms with E-state index in [1.807, 2.05) is 0 Å². The van der Waals surface area contributed by atoms with Gasteiger partial charge in [0, 0.05) is 16.3 Å². The molecule has 0 radical (unpaired) electrons. The molecular formula is C25H20ClNO5. The van der Waals surface area contributed by atoms with Crippen molar-refractivity contribution in [2.45, 2.75) is 6.04 Å². The monoisotopic (exact) mass is 449 g/mol. The van der Waals surface area contributed by atoms with Crippen LogP contribution >= 0.6 is 11.6 Å². The van der Waals surface area contributed by atoms with Crippen LogP contribution in [0.5, 0.6) is 11.5 Å². The number of amides is 1. The molecule has 32 heavy (non-hydrogen) atoms. The van der Waals surface area contributed by atoms with E-state index in [0.29, 0.717) is 33.3 Å². The molecule has 0 saturated carbocycles. The number of ketones is 1. The highest BCUT2D eigenvalue weighted by atomic mass is 35.5. The highest BCUT2D eigenvalue weighted by molar-refractivity contribution is 6.51. The quantitative estimate of drug-likeness (QED) is 0.337. The van der Waals surface area contributed by atoms with Crippen LogP contribution in [0.25, 0.3) is 5.76 Å². The maximum absolute atomic E-state index is 13.1. The Kier molecular flexibility index (Phi) is 5.88. The number of nitrogens with zero attached hydrogens (tertiary/aromatic N) is 1. The summed E-state index contributed by atoms with van der Waals surface area (Å²) in [5.74, 6) is -0.833. The van der Waals surface area contributed by atoms with Gasteiger partial charge in [0.1, 0.15) is 5.76 Å². The van der Waals surface area contributed by atoms with Crippen molar-refractivity contribution in [1.82, 2.24) is 0 Å². The molecule has 1 atom stereocenters. The van der Waals surface area contributed by atoms with E-state index < -0.39 is 17.7 Å². The number of carbonyl (C=O) groups is 2. The zero-order valence-electron chi connectivity index (χ0n) is 17.4. The third-order valence-corrected chi connectivity index (χ3v) is 5.57. The highest BCUT2D eigenvalue weighted by Gasteiger charge is 2.47. The van der Waals surface area contributed by atoms with Gasteiger partial charge in [-0.3, -0.25) is 14.5 Å². The summed E-state index contributed by atoms with van der Waals surface area (Å²) in [6.07, 6.45) is 0. The summed E-state index contributed by atoms with van der Waals surface area (Å²) in [7, 11) is 3.02. The number of methoxy groups -OCH3 is 2. The third-order valence-electron chi connectivity index (χ3n) is 5.32. The summed E-state index contributed by atoms with van der Waals surface area (Å²) in [6, 6.07) is 19.5. The van der Waals surface area contributed by atoms with Crippen LogP contribution in [0.15, 0.2) is 78.4 Å². The molecule has 0 spiro atoms. The first-order chi connectivity index (χ1) is 15.5. The Morgan fingerprint density at radius 1 is 0.906 bits per heavy atom. The average Bonchev–Trinajstić information content (AvgIpc) is 3.09. The van der Waals surface area contributed by atoms with Crippen LogP contribution in [0.1, 0.15) is 17.2 Å². The Bertz CT molecular complexity index is 1200. The van der Waals surface area contributed by atoms with Gasteiger partial charge >= 0.3 is 0 Å². The van der Waals surface area contributed by atoms with Crippen LogP contribution in [0.4, 0.5) is 5.69 Å². The molecule has 1 aliphatic rings. The standard InChI is InChI=1S/C25H20ClNO5/c1-31-19-13-8-16(14-20(19)32-2)22-21(23(28)15-6-4-3-5-7-15)24(29)25(30)27(22)18-11-9-17(26)10-12-18/h3-14,22,28H,1-2H3. The molecule has 1 amide bonds. The molecule has 1 saturated heterocycles. The zero-order chi connectivity index (χ0) is 22.8. The van der Waals surface area contributed by atoms with Crippen molar-refractivity contribution in [3.8, 4) is 11.5 Å². The van der Waals surface area contributed by atoms with Crippen molar-refractivity contribution in [3.63, 3.8) is 0 Å². The fraction of sp³-hybridized carbons (Fsp3) is 0.120. The van der Waals surface area contributed by atoms with Crippen molar-refractivity contribution < 1.29 is 24.2 Å². The first kappa shape index (κ1) is 21.5. The summed E-state index contributed by atoms with van der Waals surface area (Å²) in [4.78, 5) is 27.6. The second-order valence-corrected chi connectivity index (χ2v) is 7.56. The van der Waals surface area contributed by atoms with Gasteiger partial charge in [0.25, 0.3) is 11.7 Å². The molecule has 162 valence electrons.